The molecule has 0 aliphatic rings. The summed E-state index contributed by atoms with van der Waals surface area (Å²) in [6, 6.07) is 16.1. The smallest absolute Gasteiger partial charge is 0.269 e. The van der Waals surface area contributed by atoms with E-state index in [-0.39, 0.29) is 24.1 Å². The van der Waals surface area contributed by atoms with Gasteiger partial charge in [-0.1, -0.05) is 49.4 Å². The number of amides is 1. The molecule has 0 radical (unpaired) electrons. The molecule has 0 saturated heterocycles. The van der Waals surface area contributed by atoms with Crippen molar-refractivity contribution in [3.05, 3.63) is 75.8 Å². The van der Waals surface area contributed by atoms with Crippen LogP contribution in [0.15, 0.2) is 54.6 Å². The van der Waals surface area contributed by atoms with Crippen molar-refractivity contribution in [1.29, 1.82) is 0 Å². The van der Waals surface area contributed by atoms with Crippen LogP contribution in [-0.4, -0.2) is 28.2 Å². The second kappa shape index (κ2) is 9.92. The molecule has 0 aliphatic carbocycles. The molecule has 5 nitrogen and oxygen atoms in total. The molecule has 6 heteroatoms. The highest BCUT2D eigenvalue weighted by Gasteiger charge is 2.23. The Hall–Kier alpha value is -2.40. The number of carbonyl (C=O) groups is 1. The third-order valence-electron chi connectivity index (χ3n) is 4.30. The van der Waals surface area contributed by atoms with Crippen molar-refractivity contribution >= 4 is 23.2 Å². The second-order valence-electron chi connectivity index (χ2n) is 6.06. The van der Waals surface area contributed by atoms with Gasteiger partial charge in [0.05, 0.1) is 17.4 Å². The number of halogens is 1. The summed E-state index contributed by atoms with van der Waals surface area (Å²) in [5.41, 5.74) is 1.89. The number of nitro groups is 1. The van der Waals surface area contributed by atoms with E-state index in [9.17, 15) is 14.9 Å². The molecule has 0 unspecified atom stereocenters. The van der Waals surface area contributed by atoms with Crippen LogP contribution in [0.4, 0.5) is 5.69 Å². The van der Waals surface area contributed by atoms with E-state index in [1.165, 1.54) is 12.1 Å². The minimum atomic E-state index is -0.444. The summed E-state index contributed by atoms with van der Waals surface area (Å²) >= 11 is 5.85. The number of non-ortho nitro benzene ring substituents is 1. The Kier molecular flexibility index (Phi) is 7.60. The lowest BCUT2D eigenvalue weighted by Crippen LogP contribution is -2.36. The number of hydrogen-bond acceptors (Lipinski definition) is 3. The molecule has 0 aliphatic heterocycles. The van der Waals surface area contributed by atoms with Gasteiger partial charge < -0.3 is 4.90 Å². The summed E-state index contributed by atoms with van der Waals surface area (Å²) in [5, 5.41) is 10.8. The molecule has 0 aromatic heterocycles. The normalized spacial score (nSPS) is 11.8. The summed E-state index contributed by atoms with van der Waals surface area (Å²) in [6.45, 7) is 2.65. The predicted octanol–water partition coefficient (Wildman–Crippen LogP) is 4.75. The maximum Gasteiger partial charge on any atom is 0.269 e. The summed E-state index contributed by atoms with van der Waals surface area (Å²) in [7, 11) is 0. The zero-order valence-electron chi connectivity index (χ0n) is 14.8. The highest BCUT2D eigenvalue weighted by Crippen LogP contribution is 2.25. The zero-order chi connectivity index (χ0) is 18.9. The molecular formula is C20H23ClN2O3. The predicted molar refractivity (Wildman–Crippen MR) is 103 cm³/mol. The zero-order valence-corrected chi connectivity index (χ0v) is 15.6. The average molecular weight is 375 g/mol. The fraction of sp³-hybridized carbons (Fsp3) is 0.350. The molecule has 138 valence electrons. The lowest BCUT2D eigenvalue weighted by molar-refractivity contribution is -0.384. The Morgan fingerprint density at radius 3 is 2.35 bits per heavy atom. The quantitative estimate of drug-likeness (QED) is 0.361. The van der Waals surface area contributed by atoms with Gasteiger partial charge in [0.25, 0.3) is 5.69 Å². The SMILES string of the molecule is CC[C@@H](c1ccccc1)N(CCCCl)C(=O)Cc1ccc([N+](=O)[O-])cc1. The van der Waals surface area contributed by atoms with Crippen LogP contribution in [0, 0.1) is 10.1 Å². The van der Waals surface area contributed by atoms with Crippen LogP contribution in [0.25, 0.3) is 0 Å². The van der Waals surface area contributed by atoms with Crippen LogP contribution >= 0.6 is 11.6 Å². The van der Waals surface area contributed by atoms with Gasteiger partial charge in [0.15, 0.2) is 0 Å². The summed E-state index contributed by atoms with van der Waals surface area (Å²) < 4.78 is 0. The van der Waals surface area contributed by atoms with E-state index in [4.69, 9.17) is 11.6 Å². The van der Waals surface area contributed by atoms with Crippen LogP contribution in [0.1, 0.15) is 36.9 Å². The van der Waals surface area contributed by atoms with E-state index in [0.717, 1.165) is 24.0 Å². The molecule has 0 heterocycles. The largest absolute Gasteiger partial charge is 0.335 e. The molecule has 0 spiro atoms. The highest BCUT2D eigenvalue weighted by molar-refractivity contribution is 6.17. The molecule has 26 heavy (non-hydrogen) atoms. The van der Waals surface area contributed by atoms with Crippen molar-refractivity contribution in [1.82, 2.24) is 4.90 Å². The van der Waals surface area contributed by atoms with Gasteiger partial charge in [0.1, 0.15) is 0 Å². The van der Waals surface area contributed by atoms with Gasteiger partial charge in [0.2, 0.25) is 5.91 Å². The van der Waals surface area contributed by atoms with Crippen LogP contribution < -0.4 is 0 Å². The molecule has 0 bridgehead atoms. The molecule has 1 amide bonds. The minimum Gasteiger partial charge on any atom is -0.335 e. The Morgan fingerprint density at radius 1 is 1.15 bits per heavy atom. The lowest BCUT2D eigenvalue weighted by atomic mass is 10.0. The maximum atomic E-state index is 13.0. The highest BCUT2D eigenvalue weighted by atomic mass is 35.5. The molecule has 2 aromatic rings. The molecular weight excluding hydrogens is 352 g/mol. The first-order valence-corrected chi connectivity index (χ1v) is 9.24. The Balaban J connectivity index is 2.18. The number of alkyl halides is 1. The minimum absolute atomic E-state index is 0.000303. The number of hydrogen-bond donors (Lipinski definition) is 0. The van der Waals surface area contributed by atoms with E-state index in [1.807, 2.05) is 35.2 Å². The van der Waals surface area contributed by atoms with E-state index >= 15 is 0 Å². The topological polar surface area (TPSA) is 63.5 Å². The second-order valence-corrected chi connectivity index (χ2v) is 6.44. The maximum absolute atomic E-state index is 13.0. The number of nitrogens with zero attached hydrogens (tertiary/aromatic N) is 2. The number of nitro benzene ring substituents is 1. The van der Waals surface area contributed by atoms with Crippen molar-refractivity contribution in [2.75, 3.05) is 12.4 Å². The monoisotopic (exact) mass is 374 g/mol. The third kappa shape index (κ3) is 5.30. The van der Waals surface area contributed by atoms with Gasteiger partial charge in [-0.25, -0.2) is 0 Å². The van der Waals surface area contributed by atoms with Crippen LogP contribution in [0.2, 0.25) is 0 Å². The summed E-state index contributed by atoms with van der Waals surface area (Å²) in [4.78, 5) is 25.2. The van der Waals surface area contributed by atoms with Crippen LogP contribution in [0.3, 0.4) is 0 Å². The Bertz CT molecular complexity index is 720. The summed E-state index contributed by atoms with van der Waals surface area (Å²) in [5.74, 6) is 0.492. The fourth-order valence-electron chi connectivity index (χ4n) is 3.01. The molecule has 0 saturated carbocycles. The van der Waals surface area contributed by atoms with Gasteiger partial charge in [-0.3, -0.25) is 14.9 Å². The third-order valence-corrected chi connectivity index (χ3v) is 4.57. The van der Waals surface area contributed by atoms with Crippen molar-refractivity contribution in [2.45, 2.75) is 32.2 Å². The van der Waals surface area contributed by atoms with Gasteiger partial charge in [-0.2, -0.15) is 0 Å². The number of benzene rings is 2. The first kappa shape index (κ1) is 19.9. The van der Waals surface area contributed by atoms with Crippen molar-refractivity contribution in [3.63, 3.8) is 0 Å². The Morgan fingerprint density at radius 2 is 1.81 bits per heavy atom. The van der Waals surface area contributed by atoms with Gasteiger partial charge in [-0.15, -0.1) is 11.6 Å². The fourth-order valence-corrected chi connectivity index (χ4v) is 3.13. The van der Waals surface area contributed by atoms with Crippen LogP contribution in [0.5, 0.6) is 0 Å². The van der Waals surface area contributed by atoms with Gasteiger partial charge in [-0.05, 0) is 24.0 Å². The molecule has 2 aromatic carbocycles. The standard InChI is InChI=1S/C20H23ClN2O3/c1-2-19(17-7-4-3-5-8-17)22(14-6-13-21)20(24)15-16-9-11-18(12-10-16)23(25)26/h3-5,7-12,19H,2,6,13-15H2,1H3/t19-/m0/s1. The first-order chi connectivity index (χ1) is 12.6. The van der Waals surface area contributed by atoms with Crippen molar-refractivity contribution in [2.24, 2.45) is 0 Å². The molecule has 2 rings (SSSR count). The number of carbonyl (C=O) groups excluding carboxylic acids is 1. The van der Waals surface area contributed by atoms with E-state index in [1.54, 1.807) is 12.1 Å². The van der Waals surface area contributed by atoms with E-state index < -0.39 is 4.92 Å². The van der Waals surface area contributed by atoms with Crippen molar-refractivity contribution in [3.8, 4) is 0 Å². The van der Waals surface area contributed by atoms with Gasteiger partial charge in [0, 0.05) is 24.6 Å². The van der Waals surface area contributed by atoms with Crippen LogP contribution in [-0.2, 0) is 11.2 Å². The molecule has 0 fully saturated rings. The molecule has 1 atom stereocenters. The van der Waals surface area contributed by atoms with E-state index in [0.29, 0.717) is 12.4 Å². The lowest BCUT2D eigenvalue weighted by Gasteiger charge is -2.32. The van der Waals surface area contributed by atoms with Gasteiger partial charge >= 0.3 is 0 Å². The summed E-state index contributed by atoms with van der Waals surface area (Å²) in [6.07, 6.45) is 1.73. The van der Waals surface area contributed by atoms with Crippen molar-refractivity contribution < 1.29 is 9.72 Å². The van der Waals surface area contributed by atoms with E-state index in [2.05, 4.69) is 6.92 Å². The average Bonchev–Trinajstić information content (AvgIpc) is 2.66. The molecule has 0 N–H and O–H groups in total. The number of rotatable bonds is 9. The first-order valence-electron chi connectivity index (χ1n) is 8.70. The Labute approximate surface area is 158 Å².